The quantitative estimate of drug-likeness (QED) is 0.557. The molecular formula is C22H26N2O2S2. The van der Waals surface area contributed by atoms with Crippen LogP contribution in [0.5, 0.6) is 5.75 Å². The van der Waals surface area contributed by atoms with E-state index in [-0.39, 0.29) is 11.0 Å². The Hall–Kier alpha value is -1.92. The van der Waals surface area contributed by atoms with Crippen molar-refractivity contribution in [3.8, 4) is 11.4 Å². The zero-order valence-electron chi connectivity index (χ0n) is 17.0. The Balaban J connectivity index is 1.93. The molecule has 0 radical (unpaired) electrons. The molecule has 0 aliphatic heterocycles. The minimum atomic E-state index is -0.0261. The van der Waals surface area contributed by atoms with Crippen LogP contribution < -0.4 is 10.3 Å². The number of aromatic amines is 1. The lowest BCUT2D eigenvalue weighted by Crippen LogP contribution is -2.27. The van der Waals surface area contributed by atoms with Crippen molar-refractivity contribution in [3.05, 3.63) is 49.3 Å². The van der Waals surface area contributed by atoms with E-state index in [2.05, 4.69) is 25.8 Å². The van der Waals surface area contributed by atoms with Crippen molar-refractivity contribution in [3.63, 3.8) is 0 Å². The van der Waals surface area contributed by atoms with Crippen molar-refractivity contribution in [2.75, 3.05) is 7.11 Å². The number of H-pyrrole nitrogens is 1. The van der Waals surface area contributed by atoms with Gasteiger partial charge in [0.1, 0.15) is 10.6 Å². The molecule has 1 N–H and O–H groups in total. The Bertz CT molecular complexity index is 1180. The number of aromatic nitrogens is 2. The molecule has 0 amide bonds. The first-order valence-corrected chi connectivity index (χ1v) is 10.9. The number of nitrogens with one attached hydrogen (secondary N) is 1. The van der Waals surface area contributed by atoms with Crippen LogP contribution >= 0.6 is 23.6 Å². The van der Waals surface area contributed by atoms with Gasteiger partial charge in [-0.3, -0.25) is 9.36 Å². The van der Waals surface area contributed by atoms with Gasteiger partial charge >= 0.3 is 0 Å². The van der Waals surface area contributed by atoms with E-state index >= 15 is 0 Å². The van der Waals surface area contributed by atoms with Crippen LogP contribution in [0.2, 0.25) is 0 Å². The molecule has 1 atom stereocenters. The van der Waals surface area contributed by atoms with Gasteiger partial charge in [-0.25, -0.2) is 0 Å². The molecule has 0 spiro atoms. The molecule has 148 valence electrons. The summed E-state index contributed by atoms with van der Waals surface area (Å²) in [6.45, 7) is 8.91. The summed E-state index contributed by atoms with van der Waals surface area (Å²) in [7, 11) is 1.63. The van der Waals surface area contributed by atoms with Gasteiger partial charge in [-0.2, -0.15) is 0 Å². The molecule has 1 aliphatic rings. The Morgan fingerprint density at radius 3 is 2.75 bits per heavy atom. The van der Waals surface area contributed by atoms with Gasteiger partial charge in [0.2, 0.25) is 0 Å². The van der Waals surface area contributed by atoms with Gasteiger partial charge < -0.3 is 9.72 Å². The Morgan fingerprint density at radius 1 is 1.32 bits per heavy atom. The maximum absolute atomic E-state index is 13.6. The molecule has 0 saturated carbocycles. The number of hydrogen-bond donors (Lipinski definition) is 1. The summed E-state index contributed by atoms with van der Waals surface area (Å²) in [5, 5.41) is 0.808. The predicted molar refractivity (Wildman–Crippen MR) is 119 cm³/mol. The third kappa shape index (κ3) is 3.12. The molecule has 1 aromatic carbocycles. The highest BCUT2D eigenvalue weighted by molar-refractivity contribution is 7.71. The zero-order valence-corrected chi connectivity index (χ0v) is 18.6. The van der Waals surface area contributed by atoms with E-state index in [1.54, 1.807) is 23.0 Å². The van der Waals surface area contributed by atoms with Crippen LogP contribution in [-0.2, 0) is 12.8 Å². The lowest BCUT2D eigenvalue weighted by atomic mass is 9.72. The molecular weight excluding hydrogens is 388 g/mol. The molecule has 1 aliphatic carbocycles. The molecule has 6 heteroatoms. The van der Waals surface area contributed by atoms with Crippen molar-refractivity contribution < 1.29 is 4.74 Å². The third-order valence-corrected chi connectivity index (χ3v) is 7.44. The lowest BCUT2D eigenvalue weighted by Gasteiger charge is -2.33. The smallest absolute Gasteiger partial charge is 0.267 e. The number of fused-ring (bicyclic) bond motifs is 3. The number of aryl methyl sites for hydroxylation is 2. The topological polar surface area (TPSA) is 47.0 Å². The van der Waals surface area contributed by atoms with E-state index < -0.39 is 0 Å². The molecule has 0 bridgehead atoms. The van der Waals surface area contributed by atoms with Gasteiger partial charge in [0.05, 0.1) is 18.2 Å². The van der Waals surface area contributed by atoms with Crippen molar-refractivity contribution in [2.24, 2.45) is 11.3 Å². The van der Waals surface area contributed by atoms with Gasteiger partial charge in [0.25, 0.3) is 5.56 Å². The Morgan fingerprint density at radius 2 is 2.07 bits per heavy atom. The predicted octanol–water partition coefficient (Wildman–Crippen LogP) is 5.58. The highest BCUT2D eigenvalue weighted by Gasteiger charge is 2.31. The molecule has 1 unspecified atom stereocenters. The monoisotopic (exact) mass is 414 g/mol. The van der Waals surface area contributed by atoms with Crippen LogP contribution in [0.15, 0.2) is 23.0 Å². The normalized spacial score (nSPS) is 17.0. The molecule has 2 aromatic heterocycles. The molecule has 0 fully saturated rings. The lowest BCUT2D eigenvalue weighted by molar-refractivity contribution is 0.218. The van der Waals surface area contributed by atoms with Crippen LogP contribution in [0, 0.1) is 23.0 Å². The minimum Gasteiger partial charge on any atom is -0.497 e. The number of benzene rings is 1. The second-order valence-corrected chi connectivity index (χ2v) is 10.2. The van der Waals surface area contributed by atoms with Crippen LogP contribution in [0.1, 0.15) is 43.2 Å². The largest absolute Gasteiger partial charge is 0.497 e. The number of hydrogen-bond acceptors (Lipinski definition) is 4. The molecule has 4 nitrogen and oxygen atoms in total. The number of thiophene rings is 1. The van der Waals surface area contributed by atoms with E-state index in [1.165, 1.54) is 10.4 Å². The first kappa shape index (κ1) is 19.4. The molecule has 3 aromatic rings. The summed E-state index contributed by atoms with van der Waals surface area (Å²) in [4.78, 5) is 19.1. The fourth-order valence-corrected chi connectivity index (χ4v) is 5.84. The highest BCUT2D eigenvalue weighted by Crippen LogP contribution is 2.42. The summed E-state index contributed by atoms with van der Waals surface area (Å²) in [5.74, 6) is 1.35. The number of ether oxygens (including phenoxy) is 1. The van der Waals surface area contributed by atoms with Crippen molar-refractivity contribution in [1.29, 1.82) is 0 Å². The summed E-state index contributed by atoms with van der Waals surface area (Å²) >= 11 is 7.29. The van der Waals surface area contributed by atoms with E-state index in [0.29, 0.717) is 16.4 Å². The Labute approximate surface area is 174 Å². The van der Waals surface area contributed by atoms with Gasteiger partial charge in [-0.15, -0.1) is 11.3 Å². The molecule has 28 heavy (non-hydrogen) atoms. The number of rotatable bonds is 2. The maximum Gasteiger partial charge on any atom is 0.267 e. The average Bonchev–Trinajstić information content (AvgIpc) is 2.99. The third-order valence-electron chi connectivity index (χ3n) is 5.99. The van der Waals surface area contributed by atoms with Crippen LogP contribution in [0.4, 0.5) is 0 Å². The zero-order chi connectivity index (χ0) is 20.2. The molecule has 2 heterocycles. The van der Waals surface area contributed by atoms with Crippen LogP contribution in [0.25, 0.3) is 15.9 Å². The average molecular weight is 415 g/mol. The number of methoxy groups -OCH3 is 1. The van der Waals surface area contributed by atoms with Gasteiger partial charge in [-0.05, 0) is 66.9 Å². The van der Waals surface area contributed by atoms with Crippen LogP contribution in [0.3, 0.4) is 0 Å². The molecule has 0 saturated heterocycles. The van der Waals surface area contributed by atoms with E-state index in [9.17, 15) is 4.79 Å². The fraction of sp³-hybridized carbons (Fsp3) is 0.455. The van der Waals surface area contributed by atoms with Gasteiger partial charge in [-0.1, -0.05) is 26.8 Å². The van der Waals surface area contributed by atoms with Gasteiger partial charge in [0.15, 0.2) is 4.77 Å². The maximum atomic E-state index is 13.6. The van der Waals surface area contributed by atoms with E-state index in [1.807, 2.05) is 25.1 Å². The SMILES string of the molecule is COc1ccc(C)c(-n2c(=S)[nH]c3sc4c(c3c2=O)CCC(C(C)(C)C)C4)c1. The second kappa shape index (κ2) is 6.85. The summed E-state index contributed by atoms with van der Waals surface area (Å²) in [6.07, 6.45) is 3.11. The highest BCUT2D eigenvalue weighted by atomic mass is 32.1. The summed E-state index contributed by atoms with van der Waals surface area (Å²) in [6, 6.07) is 5.73. The second-order valence-electron chi connectivity index (χ2n) is 8.74. The van der Waals surface area contributed by atoms with E-state index in [4.69, 9.17) is 17.0 Å². The summed E-state index contributed by atoms with van der Waals surface area (Å²) in [5.41, 5.74) is 3.22. The standard InChI is InChI=1S/C22H26N2O2S2/c1-12-6-8-14(26-5)11-16(12)24-20(25)18-15-9-7-13(22(2,3)4)10-17(15)28-19(18)23-21(24)27/h6,8,11,13H,7,9-10H2,1-5H3,(H,23,27). The fourth-order valence-electron chi connectivity index (χ4n) is 4.17. The van der Waals surface area contributed by atoms with E-state index in [0.717, 1.165) is 40.7 Å². The van der Waals surface area contributed by atoms with Crippen molar-refractivity contribution in [2.45, 2.75) is 47.0 Å². The summed E-state index contributed by atoms with van der Waals surface area (Å²) < 4.78 is 7.41. The Kier molecular flexibility index (Phi) is 4.74. The van der Waals surface area contributed by atoms with Crippen molar-refractivity contribution >= 4 is 33.8 Å². The molecule has 4 rings (SSSR count). The van der Waals surface area contributed by atoms with Gasteiger partial charge in [0, 0.05) is 10.9 Å². The first-order valence-electron chi connectivity index (χ1n) is 9.65. The number of nitrogens with zero attached hydrogens (tertiary/aromatic N) is 1. The first-order chi connectivity index (χ1) is 13.2. The minimum absolute atomic E-state index is 0.0261. The van der Waals surface area contributed by atoms with Crippen molar-refractivity contribution in [1.82, 2.24) is 9.55 Å². The van der Waals surface area contributed by atoms with Crippen LogP contribution in [-0.4, -0.2) is 16.7 Å².